The first-order valence-electron chi connectivity index (χ1n) is 7.18. The molecule has 3 rings (SSSR count). The van der Waals surface area contributed by atoms with Crippen molar-refractivity contribution in [2.45, 2.75) is 38.4 Å². The molecule has 0 aromatic heterocycles. The molecule has 0 bridgehead atoms. The summed E-state index contributed by atoms with van der Waals surface area (Å²) < 4.78 is 0. The van der Waals surface area contributed by atoms with Crippen LogP contribution >= 0.6 is 11.6 Å². The van der Waals surface area contributed by atoms with Gasteiger partial charge in [-0.15, -0.1) is 0 Å². The predicted octanol–water partition coefficient (Wildman–Crippen LogP) is 2.47. The van der Waals surface area contributed by atoms with Crippen molar-refractivity contribution in [2.75, 3.05) is 24.5 Å². The van der Waals surface area contributed by atoms with E-state index in [1.54, 1.807) is 0 Å². The Morgan fingerprint density at radius 2 is 2.21 bits per heavy atom. The van der Waals surface area contributed by atoms with E-state index in [0.29, 0.717) is 18.6 Å². The summed E-state index contributed by atoms with van der Waals surface area (Å²) in [6.07, 6.45) is 2.66. The number of rotatable bonds is 2. The van der Waals surface area contributed by atoms with Crippen molar-refractivity contribution >= 4 is 17.3 Å². The number of benzene rings is 1. The average Bonchev–Trinajstić information content (AvgIpc) is 2.84. The smallest absolute Gasteiger partial charge is 0.0430 e. The molecule has 2 fully saturated rings. The summed E-state index contributed by atoms with van der Waals surface area (Å²) in [5, 5.41) is 0.799. The summed E-state index contributed by atoms with van der Waals surface area (Å²) in [6, 6.07) is 7.30. The monoisotopic (exact) mass is 279 g/mol. The number of fused-ring (bicyclic) bond motifs is 1. The van der Waals surface area contributed by atoms with Gasteiger partial charge in [0, 0.05) is 42.4 Å². The van der Waals surface area contributed by atoms with Gasteiger partial charge in [-0.3, -0.25) is 4.90 Å². The summed E-state index contributed by atoms with van der Waals surface area (Å²) in [5.41, 5.74) is 8.31. The highest BCUT2D eigenvalue weighted by molar-refractivity contribution is 6.30. The van der Waals surface area contributed by atoms with E-state index in [-0.39, 0.29) is 0 Å². The van der Waals surface area contributed by atoms with E-state index in [1.165, 1.54) is 30.6 Å². The van der Waals surface area contributed by atoms with Gasteiger partial charge in [-0.1, -0.05) is 17.7 Å². The molecule has 2 heterocycles. The van der Waals surface area contributed by atoms with Crippen LogP contribution in [0.2, 0.25) is 5.02 Å². The first-order chi connectivity index (χ1) is 9.19. The third-order valence-corrected chi connectivity index (χ3v) is 4.75. The van der Waals surface area contributed by atoms with Gasteiger partial charge in [0.1, 0.15) is 0 Å². The Morgan fingerprint density at radius 3 is 3.00 bits per heavy atom. The molecule has 2 N–H and O–H groups in total. The summed E-state index contributed by atoms with van der Waals surface area (Å²) in [5.74, 6) is 0. The van der Waals surface area contributed by atoms with Crippen molar-refractivity contribution in [1.82, 2.24) is 4.90 Å². The van der Waals surface area contributed by atoms with Crippen molar-refractivity contribution in [3.63, 3.8) is 0 Å². The second kappa shape index (κ2) is 5.31. The molecule has 1 aromatic carbocycles. The lowest BCUT2D eigenvalue weighted by molar-refractivity contribution is 0.203. The molecule has 4 heteroatoms. The van der Waals surface area contributed by atoms with Crippen LogP contribution in [0.15, 0.2) is 18.2 Å². The van der Waals surface area contributed by atoms with Crippen LogP contribution in [-0.4, -0.2) is 36.6 Å². The first-order valence-corrected chi connectivity index (χ1v) is 7.56. The maximum atomic E-state index is 6.17. The van der Waals surface area contributed by atoms with E-state index in [1.807, 2.05) is 6.07 Å². The van der Waals surface area contributed by atoms with Crippen LogP contribution in [0.4, 0.5) is 5.69 Å². The van der Waals surface area contributed by atoms with Crippen molar-refractivity contribution in [1.29, 1.82) is 0 Å². The Morgan fingerprint density at radius 1 is 1.37 bits per heavy atom. The maximum Gasteiger partial charge on any atom is 0.0430 e. The fourth-order valence-electron chi connectivity index (χ4n) is 3.50. The van der Waals surface area contributed by atoms with Crippen molar-refractivity contribution in [3.8, 4) is 0 Å². The van der Waals surface area contributed by atoms with Crippen LogP contribution in [0.1, 0.15) is 25.3 Å². The fourth-order valence-corrected chi connectivity index (χ4v) is 3.67. The molecule has 2 aliphatic heterocycles. The Labute approximate surface area is 120 Å². The topological polar surface area (TPSA) is 32.5 Å². The molecule has 2 unspecified atom stereocenters. The fraction of sp³-hybridized carbons (Fsp3) is 0.600. The minimum atomic E-state index is 0.526. The third kappa shape index (κ3) is 2.47. The molecular formula is C15H22ClN3. The molecule has 0 radical (unpaired) electrons. The molecule has 0 spiro atoms. The van der Waals surface area contributed by atoms with Crippen LogP contribution in [0, 0.1) is 0 Å². The molecule has 0 saturated carbocycles. The van der Waals surface area contributed by atoms with Crippen molar-refractivity contribution < 1.29 is 0 Å². The summed E-state index contributed by atoms with van der Waals surface area (Å²) >= 11 is 6.17. The minimum absolute atomic E-state index is 0.526. The van der Waals surface area contributed by atoms with Gasteiger partial charge in [-0.05, 0) is 44.0 Å². The van der Waals surface area contributed by atoms with Crippen LogP contribution in [0.3, 0.4) is 0 Å². The molecule has 2 aliphatic rings. The van der Waals surface area contributed by atoms with E-state index < -0.39 is 0 Å². The standard InChI is InChI=1S/C15H22ClN3/c1-11-9-18-6-2-3-14(18)10-19(11)15-7-13(16)5-4-12(15)8-17/h4-5,7,11,14H,2-3,6,8-10,17H2,1H3. The highest BCUT2D eigenvalue weighted by Gasteiger charge is 2.34. The van der Waals surface area contributed by atoms with E-state index in [4.69, 9.17) is 17.3 Å². The number of halogens is 1. The quantitative estimate of drug-likeness (QED) is 0.903. The van der Waals surface area contributed by atoms with E-state index in [0.717, 1.165) is 18.1 Å². The maximum absolute atomic E-state index is 6.17. The largest absolute Gasteiger partial charge is 0.366 e. The molecule has 3 nitrogen and oxygen atoms in total. The zero-order valence-corrected chi connectivity index (χ0v) is 12.2. The number of hydrogen-bond donors (Lipinski definition) is 1. The van der Waals surface area contributed by atoms with Gasteiger partial charge in [0.15, 0.2) is 0 Å². The zero-order chi connectivity index (χ0) is 13.4. The molecular weight excluding hydrogens is 258 g/mol. The van der Waals surface area contributed by atoms with E-state index in [2.05, 4.69) is 28.9 Å². The third-order valence-electron chi connectivity index (χ3n) is 4.51. The highest BCUT2D eigenvalue weighted by atomic mass is 35.5. The molecule has 104 valence electrons. The van der Waals surface area contributed by atoms with E-state index in [9.17, 15) is 0 Å². The normalized spacial score (nSPS) is 27.6. The molecule has 1 aromatic rings. The van der Waals surface area contributed by atoms with Crippen LogP contribution in [-0.2, 0) is 6.54 Å². The Balaban J connectivity index is 1.90. The molecule has 2 atom stereocenters. The lowest BCUT2D eigenvalue weighted by Crippen LogP contribution is -2.55. The SMILES string of the molecule is CC1CN2CCCC2CN1c1cc(Cl)ccc1CN. The summed E-state index contributed by atoms with van der Waals surface area (Å²) in [7, 11) is 0. The van der Waals surface area contributed by atoms with Crippen LogP contribution in [0.25, 0.3) is 0 Å². The molecule has 19 heavy (non-hydrogen) atoms. The Kier molecular flexibility index (Phi) is 3.70. The minimum Gasteiger partial charge on any atom is -0.366 e. The second-order valence-corrected chi connectivity index (χ2v) is 6.21. The van der Waals surface area contributed by atoms with Crippen LogP contribution in [0.5, 0.6) is 0 Å². The zero-order valence-electron chi connectivity index (χ0n) is 11.5. The van der Waals surface area contributed by atoms with Gasteiger partial charge >= 0.3 is 0 Å². The summed E-state index contributed by atoms with van der Waals surface area (Å²) in [4.78, 5) is 5.13. The number of piperazine rings is 1. The average molecular weight is 280 g/mol. The van der Waals surface area contributed by atoms with Crippen molar-refractivity contribution in [2.24, 2.45) is 5.73 Å². The van der Waals surface area contributed by atoms with Crippen molar-refractivity contribution in [3.05, 3.63) is 28.8 Å². The van der Waals surface area contributed by atoms with Gasteiger partial charge in [-0.2, -0.15) is 0 Å². The first kappa shape index (κ1) is 13.2. The van der Waals surface area contributed by atoms with Gasteiger partial charge in [0.25, 0.3) is 0 Å². The van der Waals surface area contributed by atoms with Gasteiger partial charge < -0.3 is 10.6 Å². The predicted molar refractivity (Wildman–Crippen MR) is 80.7 cm³/mol. The number of hydrogen-bond acceptors (Lipinski definition) is 3. The van der Waals surface area contributed by atoms with Gasteiger partial charge in [0.05, 0.1) is 0 Å². The molecule has 0 amide bonds. The Bertz CT molecular complexity index is 463. The number of nitrogens with two attached hydrogens (primary N) is 1. The van der Waals surface area contributed by atoms with Gasteiger partial charge in [0.2, 0.25) is 0 Å². The summed E-state index contributed by atoms with van der Waals surface area (Å²) in [6.45, 7) is 6.40. The molecule has 2 saturated heterocycles. The van der Waals surface area contributed by atoms with Gasteiger partial charge in [-0.25, -0.2) is 0 Å². The lowest BCUT2D eigenvalue weighted by Gasteiger charge is -2.44. The van der Waals surface area contributed by atoms with Crippen LogP contribution < -0.4 is 10.6 Å². The second-order valence-electron chi connectivity index (χ2n) is 5.77. The molecule has 0 aliphatic carbocycles. The Hall–Kier alpha value is -0.770. The number of nitrogens with zero attached hydrogens (tertiary/aromatic N) is 2. The highest BCUT2D eigenvalue weighted by Crippen LogP contribution is 2.32. The number of anilines is 1. The lowest BCUT2D eigenvalue weighted by atomic mass is 10.0. The van der Waals surface area contributed by atoms with E-state index >= 15 is 0 Å².